The van der Waals surface area contributed by atoms with Crippen LogP contribution in [0.5, 0.6) is 0 Å². The number of H-pyrrole nitrogens is 1. The van der Waals surface area contributed by atoms with Gasteiger partial charge in [0, 0.05) is 5.39 Å². The van der Waals surface area contributed by atoms with E-state index in [0.717, 1.165) is 24.5 Å². The van der Waals surface area contributed by atoms with Crippen molar-refractivity contribution >= 4 is 48.3 Å². The Morgan fingerprint density at radius 3 is 2.35 bits per heavy atom. The molecule has 0 amide bonds. The number of nitrogens with two attached hydrogens (primary N) is 1. The van der Waals surface area contributed by atoms with E-state index in [1.54, 1.807) is 0 Å². The first-order valence-corrected chi connectivity index (χ1v) is 9.54. The van der Waals surface area contributed by atoms with Crippen LogP contribution in [0.25, 0.3) is 10.8 Å². The molecule has 0 aliphatic rings. The summed E-state index contributed by atoms with van der Waals surface area (Å²) in [5, 5.41) is 13.5. The predicted octanol–water partition coefficient (Wildman–Crippen LogP) is 1.45. The highest BCUT2D eigenvalue weighted by molar-refractivity contribution is 7.86. The first-order valence-electron chi connectivity index (χ1n) is 6.65. The number of nitrogens with zero attached hydrogens (tertiary/aromatic N) is 4. The summed E-state index contributed by atoms with van der Waals surface area (Å²) in [4.78, 5) is 2.51. The first-order chi connectivity index (χ1) is 12.1. The van der Waals surface area contributed by atoms with E-state index < -0.39 is 30.0 Å². The van der Waals surface area contributed by atoms with Crippen molar-refractivity contribution < 1.29 is 25.9 Å². The molecular weight excluding hydrogens is 388 g/mol. The third kappa shape index (κ3) is 3.38. The van der Waals surface area contributed by atoms with Gasteiger partial charge < -0.3 is 5.73 Å². The fraction of sp³-hybridized carbons (Fsp3) is 0. The number of rotatable bonds is 4. The molecule has 0 bridgehead atoms. The minimum Gasteiger partial charge on any atom is -0.396 e. The van der Waals surface area contributed by atoms with Crippen molar-refractivity contribution in [3.63, 3.8) is 0 Å². The second kappa shape index (κ2) is 6.10. The van der Waals surface area contributed by atoms with Crippen LogP contribution in [-0.2, 0) is 20.2 Å². The lowest BCUT2D eigenvalue weighted by Crippen LogP contribution is -2.03. The Bertz CT molecular complexity index is 1230. The van der Waals surface area contributed by atoms with Gasteiger partial charge in [-0.1, -0.05) is 6.07 Å². The maximum Gasteiger partial charge on any atom is 0.296 e. The number of nitrogen functional groups attached to an aromatic ring is 1. The van der Waals surface area contributed by atoms with E-state index in [4.69, 9.17) is 10.3 Å². The van der Waals surface area contributed by atoms with Gasteiger partial charge in [-0.3, -0.25) is 9.11 Å². The summed E-state index contributed by atoms with van der Waals surface area (Å²) < 4.78 is 64.4. The molecule has 0 aliphatic heterocycles. The van der Waals surface area contributed by atoms with Gasteiger partial charge in [0.2, 0.25) is 0 Å². The van der Waals surface area contributed by atoms with Crippen molar-refractivity contribution in [3.8, 4) is 0 Å². The summed E-state index contributed by atoms with van der Waals surface area (Å²) in [5.74, 6) is -0.0347. The summed E-state index contributed by atoms with van der Waals surface area (Å²) in [6, 6.07) is 4.31. The van der Waals surface area contributed by atoms with Crippen LogP contribution in [0, 0.1) is 0 Å². The van der Waals surface area contributed by atoms with E-state index >= 15 is 0 Å². The Morgan fingerprint density at radius 1 is 1.04 bits per heavy atom. The van der Waals surface area contributed by atoms with Crippen LogP contribution in [0.2, 0.25) is 0 Å². The van der Waals surface area contributed by atoms with E-state index in [1.165, 1.54) is 6.07 Å². The van der Waals surface area contributed by atoms with Crippen molar-refractivity contribution in [3.05, 3.63) is 30.6 Å². The van der Waals surface area contributed by atoms with Crippen molar-refractivity contribution in [2.45, 2.75) is 9.79 Å². The molecule has 12 nitrogen and oxygen atoms in total. The SMILES string of the molecule is Nc1c(N=Nc2ncn[nH]2)c(S(=O)(=O)O)cc2cc(S(=O)(=O)O)ccc12. The fourth-order valence-electron chi connectivity index (χ4n) is 2.18. The number of benzene rings is 2. The first kappa shape index (κ1) is 17.9. The summed E-state index contributed by atoms with van der Waals surface area (Å²) in [5.41, 5.74) is 5.38. The smallest absolute Gasteiger partial charge is 0.296 e. The largest absolute Gasteiger partial charge is 0.396 e. The monoisotopic (exact) mass is 398 g/mol. The standard InChI is InChI=1S/C12H10N6O6S2/c13-10-8-2-1-7(25(19,20)21)3-6(8)4-9(26(22,23)24)11(10)16-18-12-14-5-15-17-12/h1-5H,13H2,(H,14,15,17)(H,19,20,21)(H,22,23,24). The van der Waals surface area contributed by atoms with Gasteiger partial charge in [-0.25, -0.2) is 5.10 Å². The van der Waals surface area contributed by atoms with Gasteiger partial charge in [0.1, 0.15) is 16.9 Å². The van der Waals surface area contributed by atoms with Crippen molar-refractivity contribution in [1.82, 2.24) is 15.2 Å². The lowest BCUT2D eigenvalue weighted by atomic mass is 10.1. The number of aromatic amines is 1. The lowest BCUT2D eigenvalue weighted by molar-refractivity contribution is 0.481. The molecule has 0 fully saturated rings. The molecule has 5 N–H and O–H groups in total. The molecule has 0 atom stereocenters. The Kier molecular flexibility index (Phi) is 4.19. The Morgan fingerprint density at radius 2 is 1.77 bits per heavy atom. The zero-order valence-electron chi connectivity index (χ0n) is 12.6. The minimum absolute atomic E-state index is 0.0347. The van der Waals surface area contributed by atoms with Crippen LogP contribution in [-0.4, -0.2) is 41.1 Å². The van der Waals surface area contributed by atoms with E-state index in [0.29, 0.717) is 0 Å². The molecule has 1 heterocycles. The molecule has 0 aliphatic carbocycles. The summed E-state index contributed by atoms with van der Waals surface area (Å²) in [6.45, 7) is 0. The van der Waals surface area contributed by atoms with Gasteiger partial charge in [-0.2, -0.15) is 26.9 Å². The lowest BCUT2D eigenvalue weighted by Gasteiger charge is -2.10. The number of nitrogens with one attached hydrogen (secondary N) is 1. The van der Waals surface area contributed by atoms with Crippen LogP contribution < -0.4 is 5.73 Å². The van der Waals surface area contributed by atoms with Gasteiger partial charge in [0.05, 0.1) is 10.6 Å². The van der Waals surface area contributed by atoms with Gasteiger partial charge >= 0.3 is 0 Å². The van der Waals surface area contributed by atoms with E-state index in [9.17, 15) is 21.4 Å². The molecule has 0 spiro atoms. The predicted molar refractivity (Wildman–Crippen MR) is 88.5 cm³/mol. The summed E-state index contributed by atoms with van der Waals surface area (Å²) in [6.07, 6.45) is 1.15. The van der Waals surface area contributed by atoms with E-state index in [1.807, 2.05) is 0 Å². The molecule has 2 aromatic carbocycles. The maximum atomic E-state index is 11.7. The van der Waals surface area contributed by atoms with Crippen LogP contribution in [0.1, 0.15) is 0 Å². The Hall–Kier alpha value is -2.94. The normalized spacial score (nSPS) is 12.8. The fourth-order valence-corrected chi connectivity index (χ4v) is 3.37. The molecule has 136 valence electrons. The molecule has 0 saturated carbocycles. The number of hydrogen-bond acceptors (Lipinski definition) is 9. The molecule has 3 rings (SSSR count). The second-order valence-corrected chi connectivity index (χ2v) is 7.79. The van der Waals surface area contributed by atoms with E-state index in [2.05, 4.69) is 25.4 Å². The Balaban J connectivity index is 2.31. The molecule has 1 aromatic heterocycles. The van der Waals surface area contributed by atoms with Crippen LogP contribution >= 0.6 is 0 Å². The minimum atomic E-state index is -4.78. The highest BCUT2D eigenvalue weighted by Gasteiger charge is 2.22. The molecular formula is C12H10N6O6S2. The van der Waals surface area contributed by atoms with Crippen LogP contribution in [0.4, 0.5) is 17.3 Å². The molecule has 0 saturated heterocycles. The number of fused-ring (bicyclic) bond motifs is 1. The number of azo groups is 1. The van der Waals surface area contributed by atoms with Crippen molar-refractivity contribution in [2.75, 3.05) is 5.73 Å². The molecule has 26 heavy (non-hydrogen) atoms. The quantitative estimate of drug-likeness (QED) is 0.285. The zero-order chi connectivity index (χ0) is 19.1. The Labute approximate surface area is 146 Å². The van der Waals surface area contributed by atoms with Gasteiger partial charge in [0.25, 0.3) is 26.2 Å². The number of hydrogen-bond donors (Lipinski definition) is 4. The van der Waals surface area contributed by atoms with Gasteiger partial charge in [0.15, 0.2) is 0 Å². The highest BCUT2D eigenvalue weighted by Crippen LogP contribution is 2.38. The average Bonchev–Trinajstić information content (AvgIpc) is 3.05. The third-order valence-corrected chi connectivity index (χ3v) is 5.03. The maximum absolute atomic E-state index is 11.7. The molecule has 14 heteroatoms. The summed E-state index contributed by atoms with van der Waals surface area (Å²) in [7, 11) is -9.30. The third-order valence-electron chi connectivity index (χ3n) is 3.31. The number of aromatic nitrogens is 3. The van der Waals surface area contributed by atoms with Crippen molar-refractivity contribution in [1.29, 1.82) is 0 Å². The van der Waals surface area contributed by atoms with E-state index in [-0.39, 0.29) is 28.1 Å². The van der Waals surface area contributed by atoms with Gasteiger partial charge in [-0.05, 0) is 23.6 Å². The molecule has 3 aromatic rings. The van der Waals surface area contributed by atoms with Gasteiger partial charge in [-0.15, -0.1) is 10.2 Å². The molecule has 0 radical (unpaired) electrons. The topological polar surface area (TPSA) is 201 Å². The molecule has 0 unspecified atom stereocenters. The van der Waals surface area contributed by atoms with Crippen LogP contribution in [0.3, 0.4) is 0 Å². The average molecular weight is 398 g/mol. The number of anilines is 1. The highest BCUT2D eigenvalue weighted by atomic mass is 32.2. The second-order valence-electron chi connectivity index (χ2n) is 4.98. The zero-order valence-corrected chi connectivity index (χ0v) is 14.2. The van der Waals surface area contributed by atoms with Crippen LogP contribution in [0.15, 0.2) is 50.6 Å². The summed E-state index contributed by atoms with van der Waals surface area (Å²) >= 11 is 0. The van der Waals surface area contributed by atoms with Crippen molar-refractivity contribution in [2.24, 2.45) is 10.2 Å².